The van der Waals surface area contributed by atoms with Gasteiger partial charge in [-0.05, 0) is 49.3 Å². The van der Waals surface area contributed by atoms with E-state index in [9.17, 15) is 9.59 Å². The van der Waals surface area contributed by atoms with Gasteiger partial charge in [0.1, 0.15) is 5.82 Å². The standard InChI is InChI=1S/C19H26N4O3S/c1-12(2)11-23-16(21-22-19(23)27-4)6-5-7-20-17(24)14-8-13(3)9-15(10-14)18(25)26/h8-10,12H,5-7,11H2,1-4H3,(H,20,24)(H,25,26). The number of carboxylic acid groups (broad SMARTS) is 1. The summed E-state index contributed by atoms with van der Waals surface area (Å²) < 4.78 is 2.14. The topological polar surface area (TPSA) is 97.1 Å². The Morgan fingerprint density at radius 2 is 1.93 bits per heavy atom. The molecule has 0 atom stereocenters. The Bertz CT molecular complexity index is 817. The molecule has 0 spiro atoms. The van der Waals surface area contributed by atoms with Gasteiger partial charge in [-0.15, -0.1) is 10.2 Å². The molecule has 1 heterocycles. The van der Waals surface area contributed by atoms with Crippen molar-refractivity contribution in [1.82, 2.24) is 20.1 Å². The van der Waals surface area contributed by atoms with Crippen molar-refractivity contribution in [3.8, 4) is 0 Å². The summed E-state index contributed by atoms with van der Waals surface area (Å²) in [6, 6.07) is 4.63. The van der Waals surface area contributed by atoms with Gasteiger partial charge in [-0.1, -0.05) is 25.6 Å². The Morgan fingerprint density at radius 1 is 1.22 bits per heavy atom. The Kier molecular flexibility index (Phi) is 7.41. The van der Waals surface area contributed by atoms with Gasteiger partial charge in [-0.25, -0.2) is 4.79 Å². The van der Waals surface area contributed by atoms with Crippen LogP contribution < -0.4 is 5.32 Å². The van der Waals surface area contributed by atoms with Crippen LogP contribution in [-0.4, -0.2) is 44.5 Å². The number of benzene rings is 1. The largest absolute Gasteiger partial charge is 0.478 e. The quantitative estimate of drug-likeness (QED) is 0.505. The summed E-state index contributed by atoms with van der Waals surface area (Å²) in [5.41, 5.74) is 1.22. The molecule has 7 nitrogen and oxygen atoms in total. The molecule has 0 saturated carbocycles. The second kappa shape index (κ2) is 9.55. The highest BCUT2D eigenvalue weighted by atomic mass is 32.2. The highest BCUT2D eigenvalue weighted by Gasteiger charge is 2.13. The highest BCUT2D eigenvalue weighted by Crippen LogP contribution is 2.16. The number of aryl methyl sites for hydroxylation is 2. The summed E-state index contributed by atoms with van der Waals surface area (Å²) >= 11 is 1.58. The fraction of sp³-hybridized carbons (Fsp3) is 0.474. The van der Waals surface area contributed by atoms with Gasteiger partial charge in [0.05, 0.1) is 5.56 Å². The van der Waals surface area contributed by atoms with Gasteiger partial charge < -0.3 is 15.0 Å². The molecule has 0 radical (unpaired) electrons. The molecule has 2 rings (SSSR count). The third kappa shape index (κ3) is 5.82. The molecule has 2 aromatic rings. The fourth-order valence-corrected chi connectivity index (χ4v) is 3.31. The molecule has 1 aromatic heterocycles. The first kappa shape index (κ1) is 21.0. The van der Waals surface area contributed by atoms with Crippen LogP contribution in [0.3, 0.4) is 0 Å². The maximum Gasteiger partial charge on any atom is 0.335 e. The minimum absolute atomic E-state index is 0.117. The van der Waals surface area contributed by atoms with Crippen molar-refractivity contribution in [2.75, 3.05) is 12.8 Å². The normalized spacial score (nSPS) is 11.0. The molecule has 1 amide bonds. The monoisotopic (exact) mass is 390 g/mol. The SMILES string of the molecule is CSc1nnc(CCCNC(=O)c2cc(C)cc(C(=O)O)c2)n1CC(C)C. The number of hydrogen-bond acceptors (Lipinski definition) is 5. The van der Waals surface area contributed by atoms with Crippen molar-refractivity contribution < 1.29 is 14.7 Å². The summed E-state index contributed by atoms with van der Waals surface area (Å²) in [6.45, 7) is 7.43. The van der Waals surface area contributed by atoms with E-state index in [4.69, 9.17) is 5.11 Å². The molecule has 0 aliphatic rings. The van der Waals surface area contributed by atoms with E-state index in [1.165, 1.54) is 6.07 Å². The third-order valence-corrected chi connectivity index (χ3v) is 4.64. The highest BCUT2D eigenvalue weighted by molar-refractivity contribution is 7.98. The summed E-state index contributed by atoms with van der Waals surface area (Å²) in [7, 11) is 0. The molecule has 0 aliphatic carbocycles. The van der Waals surface area contributed by atoms with Crippen molar-refractivity contribution in [2.24, 2.45) is 5.92 Å². The lowest BCUT2D eigenvalue weighted by atomic mass is 10.1. The first-order valence-corrected chi connectivity index (χ1v) is 10.1. The van der Waals surface area contributed by atoms with Crippen molar-refractivity contribution in [3.05, 3.63) is 40.7 Å². The lowest BCUT2D eigenvalue weighted by Gasteiger charge is -2.12. The van der Waals surface area contributed by atoms with Gasteiger partial charge in [0.15, 0.2) is 5.16 Å². The molecule has 0 unspecified atom stereocenters. The van der Waals surface area contributed by atoms with Gasteiger partial charge >= 0.3 is 5.97 Å². The minimum atomic E-state index is -1.04. The maximum absolute atomic E-state index is 12.3. The summed E-state index contributed by atoms with van der Waals surface area (Å²) in [4.78, 5) is 23.4. The Balaban J connectivity index is 1.93. The Hall–Kier alpha value is -2.35. The van der Waals surface area contributed by atoms with Crippen LogP contribution in [0.4, 0.5) is 0 Å². The Labute approximate surface area is 163 Å². The number of nitrogens with one attached hydrogen (secondary N) is 1. The lowest BCUT2D eigenvalue weighted by molar-refractivity contribution is 0.0696. The van der Waals surface area contributed by atoms with Crippen molar-refractivity contribution >= 4 is 23.6 Å². The number of nitrogens with zero attached hydrogens (tertiary/aromatic N) is 3. The number of carboxylic acids is 1. The predicted molar refractivity (Wildman–Crippen MR) is 105 cm³/mol. The van der Waals surface area contributed by atoms with Crippen LogP contribution in [0.15, 0.2) is 23.4 Å². The van der Waals surface area contributed by atoms with Crippen LogP contribution >= 0.6 is 11.8 Å². The average molecular weight is 391 g/mol. The van der Waals surface area contributed by atoms with E-state index in [1.54, 1.807) is 30.8 Å². The van der Waals surface area contributed by atoms with Crippen LogP contribution in [-0.2, 0) is 13.0 Å². The zero-order chi connectivity index (χ0) is 20.0. The summed E-state index contributed by atoms with van der Waals surface area (Å²) in [6.07, 6.45) is 3.43. The van der Waals surface area contributed by atoms with E-state index in [2.05, 4.69) is 33.9 Å². The van der Waals surface area contributed by atoms with E-state index in [-0.39, 0.29) is 11.5 Å². The van der Waals surface area contributed by atoms with Crippen LogP contribution in [0.1, 0.15) is 52.4 Å². The van der Waals surface area contributed by atoms with Gasteiger partial charge in [0.25, 0.3) is 5.91 Å². The van der Waals surface area contributed by atoms with E-state index in [0.29, 0.717) is 18.0 Å². The molecule has 0 saturated heterocycles. The zero-order valence-corrected chi connectivity index (χ0v) is 17.0. The van der Waals surface area contributed by atoms with Gasteiger partial charge in [0, 0.05) is 25.1 Å². The molecule has 1 aromatic carbocycles. The second-order valence-corrected chi connectivity index (χ2v) is 7.63. The van der Waals surface area contributed by atoms with Gasteiger partial charge in [-0.2, -0.15) is 0 Å². The lowest BCUT2D eigenvalue weighted by Crippen LogP contribution is -2.25. The zero-order valence-electron chi connectivity index (χ0n) is 16.2. The molecule has 8 heteroatoms. The van der Waals surface area contributed by atoms with Gasteiger partial charge in [0.2, 0.25) is 0 Å². The molecule has 2 N–H and O–H groups in total. The number of carbonyl (C=O) groups excluding carboxylic acids is 1. The molecule has 27 heavy (non-hydrogen) atoms. The maximum atomic E-state index is 12.3. The fourth-order valence-electron chi connectivity index (χ4n) is 2.79. The van der Waals surface area contributed by atoms with Gasteiger partial charge in [-0.3, -0.25) is 4.79 Å². The van der Waals surface area contributed by atoms with Crippen LogP contribution in [0.2, 0.25) is 0 Å². The smallest absolute Gasteiger partial charge is 0.335 e. The molecule has 0 bridgehead atoms. The Morgan fingerprint density at radius 3 is 2.56 bits per heavy atom. The number of aromatic nitrogens is 3. The first-order valence-electron chi connectivity index (χ1n) is 8.91. The second-order valence-electron chi connectivity index (χ2n) is 6.86. The van der Waals surface area contributed by atoms with Crippen LogP contribution in [0, 0.1) is 12.8 Å². The number of aromatic carboxylic acids is 1. The number of amides is 1. The van der Waals surface area contributed by atoms with E-state index < -0.39 is 5.97 Å². The minimum Gasteiger partial charge on any atom is -0.478 e. The first-order chi connectivity index (χ1) is 12.8. The predicted octanol–water partition coefficient (Wildman–Crippen LogP) is 3.03. The van der Waals surface area contributed by atoms with Crippen LogP contribution in [0.5, 0.6) is 0 Å². The molecule has 0 aliphatic heterocycles. The third-order valence-electron chi connectivity index (χ3n) is 3.97. The van der Waals surface area contributed by atoms with Crippen molar-refractivity contribution in [3.63, 3.8) is 0 Å². The summed E-state index contributed by atoms with van der Waals surface area (Å²) in [5, 5.41) is 21.4. The average Bonchev–Trinajstić information content (AvgIpc) is 2.99. The number of rotatable bonds is 9. The van der Waals surface area contributed by atoms with Crippen molar-refractivity contribution in [2.45, 2.75) is 45.3 Å². The molecule has 0 fully saturated rings. The van der Waals surface area contributed by atoms with Crippen LogP contribution in [0.25, 0.3) is 0 Å². The van der Waals surface area contributed by atoms with Crippen molar-refractivity contribution in [1.29, 1.82) is 0 Å². The summed E-state index contributed by atoms with van der Waals surface area (Å²) in [5.74, 6) is 0.109. The number of hydrogen-bond donors (Lipinski definition) is 2. The molecule has 146 valence electrons. The molecular weight excluding hydrogens is 364 g/mol. The van der Waals surface area contributed by atoms with E-state index in [0.717, 1.165) is 35.9 Å². The van der Waals surface area contributed by atoms with E-state index in [1.807, 2.05) is 6.26 Å². The van der Waals surface area contributed by atoms with E-state index >= 15 is 0 Å². The number of carbonyl (C=O) groups is 2. The molecular formula is C19H26N4O3S. The number of thioether (sulfide) groups is 1.